The standard InChI is InChI=1S/C20H20O7/c21-12-16-18(27-20(24)14-9-5-2-6-10-14)15(11-17(22)25-16)26-19(23)13-7-3-1-4-8-13/h1-10,15-18,21-22H,11-12H2/t15-,16-,17+,18+/m1/s1. The van der Waals surface area contributed by atoms with Crippen molar-refractivity contribution in [3.8, 4) is 0 Å². The van der Waals surface area contributed by atoms with Crippen molar-refractivity contribution in [3.05, 3.63) is 71.8 Å². The number of hydrogen-bond donors (Lipinski definition) is 2. The number of esters is 2. The van der Waals surface area contributed by atoms with Crippen molar-refractivity contribution in [2.75, 3.05) is 6.61 Å². The highest BCUT2D eigenvalue weighted by atomic mass is 16.7. The summed E-state index contributed by atoms with van der Waals surface area (Å²) in [5.74, 6) is -1.26. The highest BCUT2D eigenvalue weighted by Gasteiger charge is 2.43. The molecule has 3 rings (SSSR count). The highest BCUT2D eigenvalue weighted by molar-refractivity contribution is 5.90. The lowest BCUT2D eigenvalue weighted by molar-refractivity contribution is -0.239. The first kappa shape index (κ1) is 19.0. The Balaban J connectivity index is 1.77. The second-order valence-corrected chi connectivity index (χ2v) is 6.09. The van der Waals surface area contributed by atoms with Gasteiger partial charge in [0.1, 0.15) is 12.2 Å². The van der Waals surface area contributed by atoms with Gasteiger partial charge in [-0.25, -0.2) is 9.59 Å². The Bertz CT molecular complexity index is 762. The number of aliphatic hydroxyl groups is 2. The third-order valence-corrected chi connectivity index (χ3v) is 4.20. The van der Waals surface area contributed by atoms with E-state index in [-0.39, 0.29) is 6.42 Å². The largest absolute Gasteiger partial charge is 0.455 e. The van der Waals surface area contributed by atoms with Gasteiger partial charge in [-0.3, -0.25) is 0 Å². The zero-order valence-corrected chi connectivity index (χ0v) is 14.4. The molecule has 0 radical (unpaired) electrons. The molecule has 0 saturated carbocycles. The van der Waals surface area contributed by atoms with E-state index in [1.165, 1.54) is 0 Å². The summed E-state index contributed by atoms with van der Waals surface area (Å²) < 4.78 is 16.2. The third-order valence-electron chi connectivity index (χ3n) is 4.20. The highest BCUT2D eigenvalue weighted by Crippen LogP contribution is 2.26. The first-order chi connectivity index (χ1) is 13.1. The lowest BCUT2D eigenvalue weighted by atomic mass is 10.0. The molecule has 1 heterocycles. The van der Waals surface area contributed by atoms with E-state index in [1.807, 2.05) is 0 Å². The summed E-state index contributed by atoms with van der Waals surface area (Å²) in [6.45, 7) is -0.511. The molecule has 0 aromatic heterocycles. The van der Waals surface area contributed by atoms with Gasteiger partial charge in [0, 0.05) is 6.42 Å². The molecular weight excluding hydrogens is 352 g/mol. The van der Waals surface area contributed by atoms with Gasteiger partial charge >= 0.3 is 11.9 Å². The minimum atomic E-state index is -1.25. The summed E-state index contributed by atoms with van der Waals surface area (Å²) in [6, 6.07) is 16.6. The molecule has 27 heavy (non-hydrogen) atoms. The van der Waals surface area contributed by atoms with Crippen LogP contribution in [0.25, 0.3) is 0 Å². The molecule has 0 amide bonds. The Morgan fingerprint density at radius 2 is 1.44 bits per heavy atom. The van der Waals surface area contributed by atoms with E-state index in [0.717, 1.165) is 0 Å². The Morgan fingerprint density at radius 3 is 1.96 bits per heavy atom. The van der Waals surface area contributed by atoms with E-state index >= 15 is 0 Å². The minimum Gasteiger partial charge on any atom is -0.455 e. The number of carbonyl (C=O) groups excluding carboxylic acids is 2. The van der Waals surface area contributed by atoms with Crippen LogP contribution >= 0.6 is 0 Å². The number of benzene rings is 2. The van der Waals surface area contributed by atoms with Crippen LogP contribution < -0.4 is 0 Å². The molecule has 1 fully saturated rings. The minimum absolute atomic E-state index is 0.0815. The molecule has 142 valence electrons. The molecule has 4 atom stereocenters. The summed E-state index contributed by atoms with van der Waals surface area (Å²) >= 11 is 0. The fraction of sp³-hybridized carbons (Fsp3) is 0.300. The SMILES string of the molecule is O=C(O[C@H]1[C@H](OC(=O)c2ccccc2)C[C@@H](O)O[C@@H]1CO)c1ccccc1. The normalized spacial score (nSPS) is 24.8. The molecular formula is C20H20O7. The molecule has 7 nitrogen and oxygen atoms in total. The average molecular weight is 372 g/mol. The Hall–Kier alpha value is -2.74. The summed E-state index contributed by atoms with van der Waals surface area (Å²) in [5.41, 5.74) is 0.639. The topological polar surface area (TPSA) is 102 Å². The summed E-state index contributed by atoms with van der Waals surface area (Å²) in [7, 11) is 0. The number of aliphatic hydroxyl groups excluding tert-OH is 2. The van der Waals surface area contributed by atoms with E-state index in [1.54, 1.807) is 60.7 Å². The predicted octanol–water partition coefficient (Wildman–Crippen LogP) is 1.54. The van der Waals surface area contributed by atoms with Crippen LogP contribution in [0.1, 0.15) is 27.1 Å². The first-order valence-corrected chi connectivity index (χ1v) is 8.55. The van der Waals surface area contributed by atoms with Crippen molar-refractivity contribution in [1.29, 1.82) is 0 Å². The van der Waals surface area contributed by atoms with E-state index in [9.17, 15) is 19.8 Å². The van der Waals surface area contributed by atoms with Crippen LogP contribution in [0.2, 0.25) is 0 Å². The van der Waals surface area contributed by atoms with Crippen LogP contribution in [-0.4, -0.2) is 53.4 Å². The lowest BCUT2D eigenvalue weighted by Crippen LogP contribution is -2.53. The fourth-order valence-corrected chi connectivity index (χ4v) is 2.87. The lowest BCUT2D eigenvalue weighted by Gasteiger charge is -2.38. The van der Waals surface area contributed by atoms with Crippen molar-refractivity contribution in [1.82, 2.24) is 0 Å². The molecule has 0 bridgehead atoms. The maximum absolute atomic E-state index is 12.4. The van der Waals surface area contributed by atoms with Crippen LogP contribution in [0.4, 0.5) is 0 Å². The molecule has 2 aromatic rings. The molecule has 2 N–H and O–H groups in total. The van der Waals surface area contributed by atoms with Crippen molar-refractivity contribution in [3.63, 3.8) is 0 Å². The van der Waals surface area contributed by atoms with E-state index in [2.05, 4.69) is 0 Å². The van der Waals surface area contributed by atoms with Crippen molar-refractivity contribution in [2.24, 2.45) is 0 Å². The van der Waals surface area contributed by atoms with Gasteiger partial charge in [0.25, 0.3) is 0 Å². The second-order valence-electron chi connectivity index (χ2n) is 6.09. The summed E-state index contributed by atoms with van der Waals surface area (Å²) in [6.07, 6.45) is -4.37. The van der Waals surface area contributed by atoms with Gasteiger partial charge in [0.05, 0.1) is 17.7 Å². The van der Waals surface area contributed by atoms with E-state index in [4.69, 9.17) is 14.2 Å². The number of hydrogen-bond acceptors (Lipinski definition) is 7. The Morgan fingerprint density at radius 1 is 0.926 bits per heavy atom. The predicted molar refractivity (Wildman–Crippen MR) is 93.9 cm³/mol. The van der Waals surface area contributed by atoms with Crippen LogP contribution in [0.5, 0.6) is 0 Å². The monoisotopic (exact) mass is 372 g/mol. The maximum Gasteiger partial charge on any atom is 0.338 e. The molecule has 1 saturated heterocycles. The quantitative estimate of drug-likeness (QED) is 0.768. The number of ether oxygens (including phenoxy) is 3. The summed E-state index contributed by atoms with van der Waals surface area (Å²) in [5, 5.41) is 19.4. The van der Waals surface area contributed by atoms with Crippen LogP contribution in [0.3, 0.4) is 0 Å². The zero-order chi connectivity index (χ0) is 19.2. The molecule has 1 aliphatic rings. The Labute approximate surface area is 156 Å². The van der Waals surface area contributed by atoms with Gasteiger partial charge in [-0.05, 0) is 24.3 Å². The molecule has 2 aromatic carbocycles. The van der Waals surface area contributed by atoms with Gasteiger partial charge in [0.15, 0.2) is 12.4 Å². The average Bonchev–Trinajstić information content (AvgIpc) is 2.70. The van der Waals surface area contributed by atoms with Gasteiger partial charge in [-0.15, -0.1) is 0 Å². The molecule has 1 aliphatic heterocycles. The van der Waals surface area contributed by atoms with Gasteiger partial charge in [-0.2, -0.15) is 0 Å². The fourth-order valence-electron chi connectivity index (χ4n) is 2.87. The van der Waals surface area contributed by atoms with Crippen molar-refractivity contribution in [2.45, 2.75) is 31.0 Å². The van der Waals surface area contributed by atoms with Gasteiger partial charge < -0.3 is 24.4 Å². The van der Waals surface area contributed by atoms with E-state index < -0.39 is 43.1 Å². The van der Waals surface area contributed by atoms with Crippen molar-refractivity contribution >= 4 is 11.9 Å². The second kappa shape index (κ2) is 8.77. The summed E-state index contributed by atoms with van der Waals surface area (Å²) in [4.78, 5) is 24.8. The third kappa shape index (κ3) is 4.71. The number of rotatable bonds is 5. The Kier molecular flexibility index (Phi) is 6.18. The van der Waals surface area contributed by atoms with Crippen LogP contribution in [0.15, 0.2) is 60.7 Å². The van der Waals surface area contributed by atoms with E-state index in [0.29, 0.717) is 11.1 Å². The molecule has 0 aliphatic carbocycles. The molecule has 0 unspecified atom stereocenters. The van der Waals surface area contributed by atoms with Crippen LogP contribution in [0, 0.1) is 0 Å². The maximum atomic E-state index is 12.4. The smallest absolute Gasteiger partial charge is 0.338 e. The van der Waals surface area contributed by atoms with Gasteiger partial charge in [0.2, 0.25) is 0 Å². The zero-order valence-electron chi connectivity index (χ0n) is 14.4. The number of carbonyl (C=O) groups is 2. The first-order valence-electron chi connectivity index (χ1n) is 8.55. The molecule has 0 spiro atoms. The van der Waals surface area contributed by atoms with Gasteiger partial charge in [-0.1, -0.05) is 36.4 Å². The van der Waals surface area contributed by atoms with Crippen molar-refractivity contribution < 1.29 is 34.0 Å². The molecule has 7 heteroatoms. The van der Waals surface area contributed by atoms with Crippen LogP contribution in [-0.2, 0) is 14.2 Å².